The van der Waals surface area contributed by atoms with Crippen LogP contribution in [0.1, 0.15) is 21.8 Å². The quantitative estimate of drug-likeness (QED) is 0.522. The van der Waals surface area contributed by atoms with Gasteiger partial charge in [-0.3, -0.25) is 4.79 Å². The van der Waals surface area contributed by atoms with Gasteiger partial charge in [0.15, 0.2) is 0 Å². The summed E-state index contributed by atoms with van der Waals surface area (Å²) in [5.74, 6) is 0.645. The third-order valence-corrected chi connectivity index (χ3v) is 5.54. The number of aromatic amines is 1. The molecule has 0 fully saturated rings. The first-order valence-corrected chi connectivity index (χ1v) is 9.23. The molecule has 3 aromatic rings. The Morgan fingerprint density at radius 1 is 1.18 bits per heavy atom. The summed E-state index contributed by atoms with van der Waals surface area (Å²) in [5, 5.41) is 0.539. The maximum absolute atomic E-state index is 12.6. The fraction of sp³-hybridized carbons (Fsp3) is 0.250. The van der Waals surface area contributed by atoms with E-state index in [1.807, 2.05) is 13.8 Å². The number of methoxy groups -OCH3 is 3. The Labute approximate surface area is 165 Å². The lowest BCUT2D eigenvalue weighted by Crippen LogP contribution is -2.15. The highest BCUT2D eigenvalue weighted by atomic mass is 32.1. The van der Waals surface area contributed by atoms with E-state index in [0.29, 0.717) is 27.3 Å². The predicted octanol–water partition coefficient (Wildman–Crippen LogP) is 3.33. The number of hydrogen-bond acceptors (Lipinski definition) is 7. The third-order valence-electron chi connectivity index (χ3n) is 4.44. The number of aryl methyl sites for hydroxylation is 2. The predicted molar refractivity (Wildman–Crippen MR) is 109 cm³/mol. The molecule has 0 amide bonds. The standard InChI is InChI=1S/C20H20N2O5S/c1-10-11(2)28-19-16(10)18(23)21-17(22-19)14(20(24)27-5)8-12-6-7-13(25-3)9-15(12)26-4/h6-9H,1-5H3,(H,21,22,23). The minimum absolute atomic E-state index is 0.119. The molecule has 0 saturated carbocycles. The summed E-state index contributed by atoms with van der Waals surface area (Å²) in [4.78, 5) is 33.8. The summed E-state index contributed by atoms with van der Waals surface area (Å²) >= 11 is 1.41. The molecule has 0 aliphatic heterocycles. The Kier molecular flexibility index (Phi) is 5.51. The van der Waals surface area contributed by atoms with Crippen LogP contribution in [-0.2, 0) is 9.53 Å². The van der Waals surface area contributed by atoms with Crippen LogP contribution in [0.15, 0.2) is 23.0 Å². The zero-order valence-corrected chi connectivity index (χ0v) is 17.0. The van der Waals surface area contributed by atoms with Crippen molar-refractivity contribution < 1.29 is 19.0 Å². The van der Waals surface area contributed by atoms with E-state index in [1.54, 1.807) is 31.4 Å². The Hall–Kier alpha value is -3.13. The van der Waals surface area contributed by atoms with E-state index in [4.69, 9.17) is 14.2 Å². The molecule has 0 saturated heterocycles. The molecule has 0 bridgehead atoms. The average molecular weight is 400 g/mol. The minimum Gasteiger partial charge on any atom is -0.497 e. The maximum atomic E-state index is 12.6. The molecular weight excluding hydrogens is 380 g/mol. The fourth-order valence-electron chi connectivity index (χ4n) is 2.81. The zero-order valence-electron chi connectivity index (χ0n) is 16.2. The van der Waals surface area contributed by atoms with Gasteiger partial charge >= 0.3 is 5.97 Å². The molecule has 1 aromatic carbocycles. The Morgan fingerprint density at radius 2 is 1.93 bits per heavy atom. The molecule has 8 heteroatoms. The molecule has 0 aliphatic carbocycles. The van der Waals surface area contributed by atoms with Crippen molar-refractivity contribution in [2.75, 3.05) is 21.3 Å². The number of rotatable bonds is 5. The van der Waals surface area contributed by atoms with Crippen molar-refractivity contribution in [3.05, 3.63) is 50.4 Å². The van der Waals surface area contributed by atoms with Gasteiger partial charge in [-0.1, -0.05) is 0 Å². The lowest BCUT2D eigenvalue weighted by Gasteiger charge is -2.10. The monoisotopic (exact) mass is 400 g/mol. The summed E-state index contributed by atoms with van der Waals surface area (Å²) < 4.78 is 15.5. The summed E-state index contributed by atoms with van der Waals surface area (Å²) in [6.07, 6.45) is 1.57. The van der Waals surface area contributed by atoms with Gasteiger partial charge in [-0.25, -0.2) is 9.78 Å². The van der Waals surface area contributed by atoms with Gasteiger partial charge in [0.2, 0.25) is 0 Å². The SMILES string of the molecule is COC(=O)C(=Cc1ccc(OC)cc1OC)c1nc2sc(C)c(C)c2c(=O)[nH]1. The van der Waals surface area contributed by atoms with Gasteiger partial charge in [0.05, 0.1) is 26.7 Å². The number of thiophene rings is 1. The topological polar surface area (TPSA) is 90.5 Å². The Morgan fingerprint density at radius 3 is 2.57 bits per heavy atom. The molecule has 2 aromatic heterocycles. The van der Waals surface area contributed by atoms with Crippen LogP contribution in [0.2, 0.25) is 0 Å². The molecule has 0 aliphatic rings. The summed E-state index contributed by atoms with van der Waals surface area (Å²) in [5.41, 5.74) is 1.33. The van der Waals surface area contributed by atoms with Crippen molar-refractivity contribution in [2.24, 2.45) is 0 Å². The van der Waals surface area contributed by atoms with E-state index >= 15 is 0 Å². The van der Waals surface area contributed by atoms with E-state index in [-0.39, 0.29) is 17.0 Å². The van der Waals surface area contributed by atoms with Gasteiger partial charge in [0, 0.05) is 16.5 Å². The van der Waals surface area contributed by atoms with Gasteiger partial charge in [-0.2, -0.15) is 0 Å². The number of aromatic nitrogens is 2. The molecular formula is C20H20N2O5S. The van der Waals surface area contributed by atoms with Crippen molar-refractivity contribution in [1.29, 1.82) is 0 Å². The molecule has 0 unspecified atom stereocenters. The number of carbonyl (C=O) groups is 1. The van der Waals surface area contributed by atoms with E-state index in [0.717, 1.165) is 10.4 Å². The fourth-order valence-corrected chi connectivity index (χ4v) is 3.84. The number of carbonyl (C=O) groups excluding carboxylic acids is 1. The average Bonchev–Trinajstić information content (AvgIpc) is 2.99. The van der Waals surface area contributed by atoms with Gasteiger partial charge in [0.25, 0.3) is 5.56 Å². The molecule has 1 N–H and O–H groups in total. The molecule has 28 heavy (non-hydrogen) atoms. The van der Waals surface area contributed by atoms with E-state index < -0.39 is 5.97 Å². The summed E-state index contributed by atoms with van der Waals surface area (Å²) in [7, 11) is 4.35. The van der Waals surface area contributed by atoms with Crippen LogP contribution in [0.25, 0.3) is 21.9 Å². The van der Waals surface area contributed by atoms with Gasteiger partial charge in [-0.05, 0) is 37.6 Å². The second-order valence-corrected chi connectivity index (χ2v) is 7.24. The lowest BCUT2D eigenvalue weighted by molar-refractivity contribution is -0.133. The van der Waals surface area contributed by atoms with Crippen LogP contribution in [0, 0.1) is 13.8 Å². The number of nitrogens with one attached hydrogen (secondary N) is 1. The molecule has 146 valence electrons. The van der Waals surface area contributed by atoms with Crippen molar-refractivity contribution in [2.45, 2.75) is 13.8 Å². The normalized spacial score (nSPS) is 11.5. The zero-order chi connectivity index (χ0) is 20.4. The Balaban J connectivity index is 2.22. The second-order valence-electron chi connectivity index (χ2n) is 6.04. The van der Waals surface area contributed by atoms with Crippen LogP contribution in [0.3, 0.4) is 0 Å². The largest absolute Gasteiger partial charge is 0.497 e. The first-order valence-electron chi connectivity index (χ1n) is 8.42. The summed E-state index contributed by atoms with van der Waals surface area (Å²) in [6.45, 7) is 3.81. The van der Waals surface area contributed by atoms with Gasteiger partial charge in [-0.15, -0.1) is 11.3 Å². The third kappa shape index (κ3) is 3.50. The molecule has 2 heterocycles. The van der Waals surface area contributed by atoms with Crippen molar-refractivity contribution in [3.63, 3.8) is 0 Å². The highest BCUT2D eigenvalue weighted by Gasteiger charge is 2.20. The Bertz CT molecular complexity index is 1140. The van der Waals surface area contributed by atoms with E-state index in [1.165, 1.54) is 25.6 Å². The van der Waals surface area contributed by atoms with E-state index in [2.05, 4.69) is 9.97 Å². The molecule has 3 rings (SSSR count). The number of nitrogens with zero attached hydrogens (tertiary/aromatic N) is 1. The van der Waals surface area contributed by atoms with E-state index in [9.17, 15) is 9.59 Å². The molecule has 7 nitrogen and oxygen atoms in total. The first kappa shape index (κ1) is 19.6. The van der Waals surface area contributed by atoms with Crippen LogP contribution < -0.4 is 15.0 Å². The highest BCUT2D eigenvalue weighted by Crippen LogP contribution is 2.30. The van der Waals surface area contributed by atoms with Crippen LogP contribution in [0.5, 0.6) is 11.5 Å². The maximum Gasteiger partial charge on any atom is 0.341 e. The molecule has 0 spiro atoms. The van der Waals surface area contributed by atoms with Crippen LogP contribution in [0.4, 0.5) is 0 Å². The lowest BCUT2D eigenvalue weighted by atomic mass is 10.1. The second kappa shape index (κ2) is 7.85. The van der Waals surface area contributed by atoms with Crippen LogP contribution >= 0.6 is 11.3 Å². The number of hydrogen-bond donors (Lipinski definition) is 1. The number of fused-ring (bicyclic) bond motifs is 1. The van der Waals surface area contributed by atoms with Crippen molar-refractivity contribution in [1.82, 2.24) is 9.97 Å². The molecule has 0 radical (unpaired) electrons. The van der Waals surface area contributed by atoms with Crippen LogP contribution in [-0.4, -0.2) is 37.3 Å². The molecule has 0 atom stereocenters. The number of ether oxygens (including phenoxy) is 3. The smallest absolute Gasteiger partial charge is 0.341 e. The van der Waals surface area contributed by atoms with Crippen molar-refractivity contribution >= 4 is 39.2 Å². The number of H-pyrrole nitrogens is 1. The minimum atomic E-state index is -0.620. The van der Waals surface area contributed by atoms with Gasteiger partial charge in [0.1, 0.15) is 27.7 Å². The van der Waals surface area contributed by atoms with Gasteiger partial charge < -0.3 is 19.2 Å². The first-order chi connectivity index (χ1) is 13.4. The number of benzene rings is 1. The number of esters is 1. The summed E-state index contributed by atoms with van der Waals surface area (Å²) in [6, 6.07) is 5.19. The highest BCUT2D eigenvalue weighted by molar-refractivity contribution is 7.18. The van der Waals surface area contributed by atoms with Crippen molar-refractivity contribution in [3.8, 4) is 11.5 Å².